The molecule has 2 rings (SSSR count). The fraction of sp³-hybridized carbons (Fsp3) is 0.857. The molecule has 0 spiro atoms. The predicted molar refractivity (Wildman–Crippen MR) is 49.4 cm³/mol. The highest BCUT2D eigenvalue weighted by molar-refractivity contribution is 8.23. The molecular weight excluding hydrogens is 162 g/mol. The first kappa shape index (κ1) is 6.92. The van der Waals surface area contributed by atoms with Crippen LogP contribution in [0.1, 0.15) is 19.3 Å². The van der Waals surface area contributed by atoms with E-state index in [0.29, 0.717) is 0 Å². The minimum atomic E-state index is 0.797. The van der Waals surface area contributed by atoms with Gasteiger partial charge in [-0.25, -0.2) is 0 Å². The summed E-state index contributed by atoms with van der Waals surface area (Å²) < 4.78 is 1.14. The lowest BCUT2D eigenvalue weighted by atomic mass is 10.1. The number of thiocarbonyl (C=S) groups is 1. The van der Waals surface area contributed by atoms with E-state index in [0.717, 1.165) is 10.4 Å². The molecule has 1 unspecified atom stereocenters. The molecule has 0 bridgehead atoms. The van der Waals surface area contributed by atoms with Gasteiger partial charge in [-0.2, -0.15) is 0 Å². The molecule has 2 saturated heterocycles. The van der Waals surface area contributed by atoms with Crippen molar-refractivity contribution in [3.05, 3.63) is 0 Å². The summed E-state index contributed by atoms with van der Waals surface area (Å²) in [6.07, 6.45) is 4.12. The molecule has 1 nitrogen and oxygen atoms in total. The van der Waals surface area contributed by atoms with Crippen LogP contribution < -0.4 is 0 Å². The predicted octanol–water partition coefficient (Wildman–Crippen LogP) is 1.87. The van der Waals surface area contributed by atoms with Gasteiger partial charge in [0.05, 0.1) is 0 Å². The fourth-order valence-corrected chi connectivity index (χ4v) is 3.20. The molecule has 0 aliphatic carbocycles. The zero-order valence-corrected chi connectivity index (χ0v) is 7.51. The summed E-state index contributed by atoms with van der Waals surface area (Å²) in [5, 5.41) is 0. The van der Waals surface area contributed by atoms with E-state index in [1.807, 2.05) is 11.8 Å². The highest BCUT2D eigenvalue weighted by Gasteiger charge is 2.30. The van der Waals surface area contributed by atoms with Crippen molar-refractivity contribution < 1.29 is 0 Å². The van der Waals surface area contributed by atoms with Crippen molar-refractivity contribution in [3.63, 3.8) is 0 Å². The highest BCUT2D eigenvalue weighted by Crippen LogP contribution is 2.30. The van der Waals surface area contributed by atoms with Gasteiger partial charge in [0.25, 0.3) is 0 Å². The van der Waals surface area contributed by atoms with Gasteiger partial charge < -0.3 is 4.90 Å². The summed E-state index contributed by atoms with van der Waals surface area (Å²) in [6, 6.07) is 0.797. The Kier molecular flexibility index (Phi) is 1.87. The zero-order valence-electron chi connectivity index (χ0n) is 5.88. The van der Waals surface area contributed by atoms with Crippen molar-refractivity contribution in [2.45, 2.75) is 25.3 Å². The normalized spacial score (nSPS) is 32.6. The number of hydrogen-bond donors (Lipinski definition) is 0. The zero-order chi connectivity index (χ0) is 6.97. The molecule has 0 aromatic carbocycles. The maximum atomic E-state index is 5.21. The van der Waals surface area contributed by atoms with Gasteiger partial charge >= 0.3 is 0 Å². The second kappa shape index (κ2) is 2.70. The largest absolute Gasteiger partial charge is 0.354 e. The number of rotatable bonds is 0. The maximum Gasteiger partial charge on any atom is 0.136 e. The Labute approximate surface area is 71.2 Å². The van der Waals surface area contributed by atoms with Gasteiger partial charge in [-0.05, 0) is 19.3 Å². The average Bonchev–Trinajstić information content (AvgIpc) is 2.34. The summed E-state index contributed by atoms with van der Waals surface area (Å²) in [5.41, 5.74) is 0. The lowest BCUT2D eigenvalue weighted by Crippen LogP contribution is -2.37. The first-order valence-corrected chi connectivity index (χ1v) is 5.21. The van der Waals surface area contributed by atoms with Gasteiger partial charge in [0.1, 0.15) is 4.32 Å². The first-order chi connectivity index (χ1) is 4.88. The first-order valence-electron chi connectivity index (χ1n) is 3.81. The van der Waals surface area contributed by atoms with E-state index >= 15 is 0 Å². The Morgan fingerprint density at radius 2 is 2.40 bits per heavy atom. The molecule has 10 heavy (non-hydrogen) atoms. The van der Waals surface area contributed by atoms with Crippen LogP contribution in [0.25, 0.3) is 0 Å². The summed E-state index contributed by atoms with van der Waals surface area (Å²) in [6.45, 7) is 1.22. The van der Waals surface area contributed by atoms with Gasteiger partial charge in [-0.1, -0.05) is 24.0 Å². The molecule has 0 N–H and O–H groups in total. The van der Waals surface area contributed by atoms with Crippen LogP contribution in [0.3, 0.4) is 0 Å². The molecule has 0 aromatic heterocycles. The molecule has 1 atom stereocenters. The van der Waals surface area contributed by atoms with E-state index in [1.54, 1.807) is 0 Å². The Bertz CT molecular complexity index is 158. The minimum Gasteiger partial charge on any atom is -0.354 e. The molecule has 2 heterocycles. The Hall–Kier alpha value is 0.240. The third-order valence-electron chi connectivity index (χ3n) is 2.26. The molecule has 0 amide bonds. The fourth-order valence-electron chi connectivity index (χ4n) is 1.66. The number of nitrogens with zero attached hydrogens (tertiary/aromatic N) is 1. The Balaban J connectivity index is 2.08. The van der Waals surface area contributed by atoms with Gasteiger partial charge in [0.2, 0.25) is 0 Å². The molecule has 2 aliphatic heterocycles. The smallest absolute Gasteiger partial charge is 0.136 e. The molecule has 2 fully saturated rings. The van der Waals surface area contributed by atoms with Crippen molar-refractivity contribution in [2.75, 3.05) is 12.3 Å². The van der Waals surface area contributed by atoms with E-state index in [2.05, 4.69) is 4.90 Å². The van der Waals surface area contributed by atoms with Crippen molar-refractivity contribution in [1.29, 1.82) is 0 Å². The van der Waals surface area contributed by atoms with Gasteiger partial charge in [-0.15, -0.1) is 0 Å². The number of piperidine rings is 1. The SMILES string of the molecule is S=C1SCC2CCCCN12. The summed E-state index contributed by atoms with van der Waals surface area (Å²) in [5.74, 6) is 1.25. The molecule has 3 heteroatoms. The Morgan fingerprint density at radius 1 is 1.50 bits per heavy atom. The lowest BCUT2D eigenvalue weighted by molar-refractivity contribution is 0.278. The van der Waals surface area contributed by atoms with Gasteiger partial charge in [0.15, 0.2) is 0 Å². The quantitative estimate of drug-likeness (QED) is 0.515. The summed E-state index contributed by atoms with van der Waals surface area (Å²) in [7, 11) is 0. The van der Waals surface area contributed by atoms with Crippen LogP contribution in [0.15, 0.2) is 0 Å². The van der Waals surface area contributed by atoms with Gasteiger partial charge in [0, 0.05) is 18.3 Å². The summed E-state index contributed by atoms with van der Waals surface area (Å²) in [4.78, 5) is 2.41. The monoisotopic (exact) mass is 173 g/mol. The highest BCUT2D eigenvalue weighted by atomic mass is 32.2. The molecule has 0 saturated carbocycles. The van der Waals surface area contributed by atoms with Crippen molar-refractivity contribution in [2.24, 2.45) is 0 Å². The minimum absolute atomic E-state index is 0.797. The molecular formula is C7H11NS2. The second-order valence-electron chi connectivity index (χ2n) is 2.92. The van der Waals surface area contributed by atoms with Gasteiger partial charge in [-0.3, -0.25) is 0 Å². The lowest BCUT2D eigenvalue weighted by Gasteiger charge is -2.29. The topological polar surface area (TPSA) is 3.24 Å². The average molecular weight is 173 g/mol. The third kappa shape index (κ3) is 1.05. The maximum absolute atomic E-state index is 5.21. The van der Waals surface area contributed by atoms with Crippen LogP contribution in [0, 0.1) is 0 Å². The molecule has 0 aromatic rings. The molecule has 2 aliphatic rings. The van der Waals surface area contributed by atoms with E-state index in [9.17, 15) is 0 Å². The van der Waals surface area contributed by atoms with Crippen molar-refractivity contribution in [3.8, 4) is 0 Å². The number of hydrogen-bond acceptors (Lipinski definition) is 2. The van der Waals surface area contributed by atoms with Crippen LogP contribution in [0.4, 0.5) is 0 Å². The van der Waals surface area contributed by atoms with Crippen LogP contribution in [-0.2, 0) is 0 Å². The van der Waals surface area contributed by atoms with Crippen molar-refractivity contribution >= 4 is 28.3 Å². The standard InChI is InChI=1S/C7H11NS2/c9-7-8-4-2-1-3-6(8)5-10-7/h6H,1-5H2. The molecule has 0 radical (unpaired) electrons. The van der Waals surface area contributed by atoms with E-state index in [1.165, 1.54) is 31.6 Å². The second-order valence-corrected chi connectivity index (χ2v) is 4.57. The van der Waals surface area contributed by atoms with E-state index in [4.69, 9.17) is 12.2 Å². The van der Waals surface area contributed by atoms with Crippen LogP contribution in [0.5, 0.6) is 0 Å². The number of fused-ring (bicyclic) bond motifs is 1. The van der Waals surface area contributed by atoms with Crippen LogP contribution in [-0.4, -0.2) is 27.6 Å². The van der Waals surface area contributed by atoms with Crippen molar-refractivity contribution in [1.82, 2.24) is 4.90 Å². The van der Waals surface area contributed by atoms with Crippen LogP contribution >= 0.6 is 24.0 Å². The summed E-state index contributed by atoms with van der Waals surface area (Å²) >= 11 is 7.07. The molecule has 56 valence electrons. The van der Waals surface area contributed by atoms with E-state index < -0.39 is 0 Å². The van der Waals surface area contributed by atoms with E-state index in [-0.39, 0.29) is 0 Å². The third-order valence-corrected chi connectivity index (χ3v) is 3.88. The van der Waals surface area contributed by atoms with Crippen LogP contribution in [0.2, 0.25) is 0 Å². The number of thioether (sulfide) groups is 1. The Morgan fingerprint density at radius 3 is 3.20 bits per heavy atom.